The molecule has 6 heterocycles. The van der Waals surface area contributed by atoms with E-state index in [1.807, 2.05) is 11.0 Å². The summed E-state index contributed by atoms with van der Waals surface area (Å²) in [6.07, 6.45) is 11.0. The second-order valence-electron chi connectivity index (χ2n) is 18.9. The Balaban J connectivity index is 0.618. The lowest BCUT2D eigenvalue weighted by Gasteiger charge is -2.37. The van der Waals surface area contributed by atoms with Gasteiger partial charge in [-0.15, -0.1) is 10.2 Å². The summed E-state index contributed by atoms with van der Waals surface area (Å²) in [5.74, 6) is -0.473. The van der Waals surface area contributed by atoms with Crippen LogP contribution in [0.4, 0.5) is 17.2 Å². The van der Waals surface area contributed by atoms with Crippen LogP contribution in [0.2, 0.25) is 0 Å². The number of rotatable bonds is 17. The van der Waals surface area contributed by atoms with Crippen LogP contribution in [0, 0.1) is 0 Å². The molecule has 5 aliphatic rings. The SMILES string of the molecule is Nc1nnc(-c2ccccc2O)cc1OC1CCCN(c2ccc(N3CCN(C(=O)CCCCCCCCN4CCC(Oc5ccc6c(c5)C(=O)N(C5CCC(=O)NC5=O)C6=O)CC4)CC3)cc2)C1. The number of imide groups is 2. The zero-order valence-electron chi connectivity index (χ0n) is 39.2. The van der Waals surface area contributed by atoms with Crippen molar-refractivity contribution >= 4 is 46.7 Å². The fraction of sp³-hybridized carbons (Fsp3) is 0.481. The van der Waals surface area contributed by atoms with E-state index in [1.54, 1.807) is 42.5 Å². The minimum absolute atomic E-state index is 0.0119. The zero-order chi connectivity index (χ0) is 47.9. The number of amides is 5. The van der Waals surface area contributed by atoms with Crippen molar-refractivity contribution < 1.29 is 38.6 Å². The van der Waals surface area contributed by atoms with Gasteiger partial charge in [-0.25, -0.2) is 0 Å². The molecule has 0 saturated carbocycles. The number of nitrogens with one attached hydrogen (secondary N) is 1. The highest BCUT2D eigenvalue weighted by Gasteiger charge is 2.45. The molecule has 2 atom stereocenters. The topological polar surface area (TPSA) is 204 Å². The maximum atomic E-state index is 13.2. The van der Waals surface area contributed by atoms with Gasteiger partial charge in [-0.2, -0.15) is 0 Å². The second kappa shape index (κ2) is 21.7. The molecule has 4 saturated heterocycles. The molecule has 0 radical (unpaired) electrons. The monoisotopic (exact) mass is 941 g/mol. The van der Waals surface area contributed by atoms with Gasteiger partial charge in [0.15, 0.2) is 11.6 Å². The number of piperazine rings is 1. The van der Waals surface area contributed by atoms with Crippen LogP contribution >= 0.6 is 0 Å². The van der Waals surface area contributed by atoms with Crippen molar-refractivity contribution in [3.63, 3.8) is 0 Å². The Morgan fingerprint density at radius 3 is 2.16 bits per heavy atom. The number of nitrogens with zero attached hydrogens (tertiary/aromatic N) is 7. The third kappa shape index (κ3) is 11.2. The van der Waals surface area contributed by atoms with Crippen molar-refractivity contribution in [1.29, 1.82) is 0 Å². The number of likely N-dealkylation sites (tertiary alicyclic amines) is 1. The van der Waals surface area contributed by atoms with Gasteiger partial charge in [0.05, 0.1) is 17.7 Å². The van der Waals surface area contributed by atoms with E-state index in [0.29, 0.717) is 35.7 Å². The Morgan fingerprint density at radius 1 is 0.696 bits per heavy atom. The van der Waals surface area contributed by atoms with Gasteiger partial charge in [-0.05, 0) is 106 Å². The van der Waals surface area contributed by atoms with Gasteiger partial charge in [0, 0.05) is 81.7 Å². The predicted octanol–water partition coefficient (Wildman–Crippen LogP) is 5.80. The number of hydrogen-bond donors (Lipinski definition) is 3. The lowest BCUT2D eigenvalue weighted by atomic mass is 10.0. The lowest BCUT2D eigenvalue weighted by molar-refractivity contribution is -0.136. The van der Waals surface area contributed by atoms with Gasteiger partial charge >= 0.3 is 0 Å². The van der Waals surface area contributed by atoms with Crippen LogP contribution in [0.3, 0.4) is 0 Å². The maximum Gasteiger partial charge on any atom is 0.262 e. The van der Waals surface area contributed by atoms with Gasteiger partial charge in [-0.1, -0.05) is 37.8 Å². The fourth-order valence-corrected chi connectivity index (χ4v) is 10.3. The molecular formula is C52H63N9O8. The van der Waals surface area contributed by atoms with E-state index < -0.39 is 29.7 Å². The van der Waals surface area contributed by atoms with Crippen molar-refractivity contribution in [2.24, 2.45) is 0 Å². The number of carbonyl (C=O) groups is 5. The van der Waals surface area contributed by atoms with Gasteiger partial charge in [0.2, 0.25) is 17.7 Å². The summed E-state index contributed by atoms with van der Waals surface area (Å²) < 4.78 is 12.6. The normalized spacial score (nSPS) is 20.3. The van der Waals surface area contributed by atoms with E-state index in [1.165, 1.54) is 12.8 Å². The van der Waals surface area contributed by atoms with Gasteiger partial charge in [0.25, 0.3) is 11.8 Å². The number of phenolic OH excluding ortho intramolecular Hbond substituents is 1. The smallest absolute Gasteiger partial charge is 0.262 e. The number of para-hydroxylation sites is 1. The van der Waals surface area contributed by atoms with Gasteiger partial charge < -0.3 is 39.9 Å². The number of aromatic hydroxyl groups is 1. The number of fused-ring (bicyclic) bond motifs is 1. The molecule has 1 aromatic heterocycles. The summed E-state index contributed by atoms with van der Waals surface area (Å²) in [4.78, 5) is 73.5. The average Bonchev–Trinajstić information content (AvgIpc) is 3.61. The number of aromatic nitrogens is 2. The van der Waals surface area contributed by atoms with E-state index in [-0.39, 0.29) is 53.7 Å². The largest absolute Gasteiger partial charge is 0.507 e. The van der Waals surface area contributed by atoms with Crippen molar-refractivity contribution in [3.05, 3.63) is 83.9 Å². The molecule has 5 amide bonds. The maximum absolute atomic E-state index is 13.2. The van der Waals surface area contributed by atoms with Crippen molar-refractivity contribution in [3.8, 4) is 28.5 Å². The van der Waals surface area contributed by atoms with Crippen LogP contribution in [0.15, 0.2) is 72.8 Å². The molecule has 5 aliphatic heterocycles. The third-order valence-corrected chi connectivity index (χ3v) is 14.2. The summed E-state index contributed by atoms with van der Waals surface area (Å²) in [6.45, 7) is 7.66. The van der Waals surface area contributed by atoms with Crippen LogP contribution in [0.1, 0.15) is 104 Å². The third-order valence-electron chi connectivity index (χ3n) is 14.2. The van der Waals surface area contributed by atoms with Crippen LogP contribution in [-0.4, -0.2) is 137 Å². The Kier molecular flexibility index (Phi) is 14.9. The Labute approximate surface area is 402 Å². The number of ether oxygens (including phenoxy) is 2. The highest BCUT2D eigenvalue weighted by atomic mass is 16.5. The van der Waals surface area contributed by atoms with Gasteiger partial charge in [-0.3, -0.25) is 34.2 Å². The molecule has 4 N–H and O–H groups in total. The summed E-state index contributed by atoms with van der Waals surface area (Å²) in [5, 5.41) is 20.8. The standard InChI is InChI=1S/C52H63N9O8/c53-49-46(33-43(55-56-49)41-11-6-7-12-45(41)62)69-39-10-9-25-60(34-39)36-16-14-35(15-17-36)58-28-30-59(31-29-58)48(64)13-5-3-1-2-4-8-24-57-26-22-37(23-27-57)68-38-18-19-40-42(32-38)52(67)61(51(40)66)44-20-21-47(63)54-50(44)65/h6-7,11-12,14-19,32-33,37,39,44,62H,1-5,8-10,13,20-31,34H2,(H2,53,56)(H,54,63,65). The van der Waals surface area contributed by atoms with E-state index in [4.69, 9.17) is 15.2 Å². The fourth-order valence-electron chi connectivity index (χ4n) is 10.3. The molecule has 9 rings (SSSR count). The lowest BCUT2D eigenvalue weighted by Crippen LogP contribution is -2.54. The number of nitrogens with two attached hydrogens (primary N) is 1. The van der Waals surface area contributed by atoms with Gasteiger partial charge in [0.1, 0.15) is 35.4 Å². The molecule has 3 aromatic carbocycles. The minimum Gasteiger partial charge on any atom is -0.507 e. The number of phenols is 1. The molecule has 4 aromatic rings. The first-order valence-corrected chi connectivity index (χ1v) is 24.8. The molecule has 69 heavy (non-hydrogen) atoms. The first kappa shape index (κ1) is 47.3. The Bertz CT molecular complexity index is 2510. The molecule has 0 aliphatic carbocycles. The van der Waals surface area contributed by atoms with Crippen molar-refractivity contribution in [2.75, 3.05) is 74.4 Å². The molecular weight excluding hydrogens is 879 g/mol. The number of benzene rings is 3. The van der Waals surface area contributed by atoms with E-state index >= 15 is 0 Å². The highest BCUT2D eigenvalue weighted by Crippen LogP contribution is 2.34. The number of hydrogen-bond acceptors (Lipinski definition) is 14. The molecule has 0 spiro atoms. The van der Waals surface area contributed by atoms with E-state index in [2.05, 4.69) is 54.5 Å². The number of nitrogen functional groups attached to an aromatic ring is 1. The molecule has 17 heteroatoms. The highest BCUT2D eigenvalue weighted by molar-refractivity contribution is 6.23. The summed E-state index contributed by atoms with van der Waals surface area (Å²) >= 11 is 0. The first-order chi connectivity index (χ1) is 33.6. The number of unbranched alkanes of at least 4 members (excludes halogenated alkanes) is 5. The number of anilines is 3. The molecule has 364 valence electrons. The van der Waals surface area contributed by atoms with Crippen LogP contribution in [-0.2, 0) is 14.4 Å². The number of carbonyl (C=O) groups excluding carboxylic acids is 5. The van der Waals surface area contributed by atoms with E-state index in [9.17, 15) is 29.1 Å². The minimum atomic E-state index is -0.990. The molecule has 17 nitrogen and oxygen atoms in total. The molecule has 4 fully saturated rings. The van der Waals surface area contributed by atoms with Crippen LogP contribution in [0.5, 0.6) is 17.2 Å². The zero-order valence-corrected chi connectivity index (χ0v) is 39.2. The van der Waals surface area contributed by atoms with Crippen molar-refractivity contribution in [2.45, 2.75) is 102 Å². The van der Waals surface area contributed by atoms with E-state index in [0.717, 1.165) is 120 Å². The number of piperidine rings is 3. The predicted molar refractivity (Wildman–Crippen MR) is 260 cm³/mol. The second-order valence-corrected chi connectivity index (χ2v) is 18.9. The van der Waals surface area contributed by atoms with Crippen LogP contribution < -0.4 is 30.3 Å². The summed E-state index contributed by atoms with van der Waals surface area (Å²) in [7, 11) is 0. The van der Waals surface area contributed by atoms with Crippen LogP contribution in [0.25, 0.3) is 11.3 Å². The average molecular weight is 942 g/mol. The van der Waals surface area contributed by atoms with Crippen molar-refractivity contribution in [1.82, 2.24) is 30.2 Å². The molecule has 2 unspecified atom stereocenters. The summed E-state index contributed by atoms with van der Waals surface area (Å²) in [5.41, 5.74) is 10.0. The Morgan fingerprint density at radius 2 is 1.41 bits per heavy atom. The first-order valence-electron chi connectivity index (χ1n) is 24.8. The summed E-state index contributed by atoms with van der Waals surface area (Å²) in [6, 6.07) is 21.4. The quantitative estimate of drug-likeness (QED) is 0.0846. The Hall–Kier alpha value is -6.75. The molecule has 0 bridgehead atoms.